The molecule has 0 bridgehead atoms. The van der Waals surface area contributed by atoms with Crippen LogP contribution in [0.3, 0.4) is 0 Å². The number of ether oxygens (including phenoxy) is 8. The van der Waals surface area contributed by atoms with E-state index in [-0.39, 0.29) is 124 Å². The van der Waals surface area contributed by atoms with Gasteiger partial charge in [0.25, 0.3) is 5.56 Å². The summed E-state index contributed by atoms with van der Waals surface area (Å²) in [6.45, 7) is 27.6. The smallest absolute Gasteiger partial charge is 0.870 e. The first kappa shape index (κ1) is 113. The molecular weight excluding hydrogens is 1800 g/mol. The van der Waals surface area contributed by atoms with E-state index in [1.165, 1.54) is 60.7 Å². The molecule has 0 unspecified atom stereocenters. The number of methoxy groups -OCH3 is 2. The van der Waals surface area contributed by atoms with E-state index in [0.29, 0.717) is 44.6 Å². The van der Waals surface area contributed by atoms with Crippen LogP contribution in [-0.4, -0.2) is 160 Å². The Labute approximate surface area is 755 Å². The van der Waals surface area contributed by atoms with Crippen LogP contribution in [0.5, 0.6) is 46.0 Å². The largest absolute Gasteiger partial charge is 1.00 e. The molecule has 0 aliphatic carbocycles. The van der Waals surface area contributed by atoms with Crippen LogP contribution in [0.15, 0.2) is 143 Å². The Balaban J connectivity index is 0. The number of alkyl halides is 1. The molecule has 0 aliphatic rings. The van der Waals surface area contributed by atoms with E-state index in [4.69, 9.17) is 92.1 Å². The van der Waals surface area contributed by atoms with Crippen LogP contribution in [0.4, 0.5) is 33.4 Å². The van der Waals surface area contributed by atoms with E-state index >= 15 is 0 Å². The molecule has 0 saturated carbocycles. The minimum Gasteiger partial charge on any atom is -0.870 e. The summed E-state index contributed by atoms with van der Waals surface area (Å²) in [7, 11) is 3.24. The van der Waals surface area contributed by atoms with Crippen molar-refractivity contribution >= 4 is 126 Å². The molecule has 0 radical (unpaired) electrons. The van der Waals surface area contributed by atoms with Gasteiger partial charge >= 0.3 is 87.9 Å². The number of aromatic nitrogens is 6. The van der Waals surface area contributed by atoms with Gasteiger partial charge in [-0.1, -0.05) is 91.9 Å². The number of halogens is 3. The number of aromatic hydroxyl groups is 1. The zero-order valence-electron chi connectivity index (χ0n) is 69.8. The van der Waals surface area contributed by atoms with E-state index in [0.717, 1.165) is 38.4 Å². The van der Waals surface area contributed by atoms with Crippen molar-refractivity contribution in [3.63, 3.8) is 0 Å². The summed E-state index contributed by atoms with van der Waals surface area (Å²) in [5, 5.41) is 79.8. The van der Waals surface area contributed by atoms with Gasteiger partial charge in [0.05, 0.1) is 93.3 Å². The second kappa shape index (κ2) is 55.3. The molecule has 668 valence electrons. The van der Waals surface area contributed by atoms with E-state index < -0.39 is 89.2 Å². The first-order chi connectivity index (χ1) is 56.5. The number of hydrogen-bond donors (Lipinski definition) is 9. The predicted molar refractivity (Wildman–Crippen MR) is 466 cm³/mol. The number of primary amides is 2. The molecule has 41 nitrogen and oxygen atoms in total. The van der Waals surface area contributed by atoms with Crippen molar-refractivity contribution < 1.29 is 137 Å². The Morgan fingerprint density at radius 1 is 0.524 bits per heavy atom. The van der Waals surface area contributed by atoms with Crippen LogP contribution in [0, 0.1) is 47.4 Å². The third-order valence-electron chi connectivity index (χ3n) is 13.7. The third kappa shape index (κ3) is 37.7. The zero-order chi connectivity index (χ0) is 92.2. The quantitative estimate of drug-likeness (QED) is 0.00445. The Morgan fingerprint density at radius 2 is 0.887 bits per heavy atom. The first-order valence-corrected chi connectivity index (χ1v) is 37.6. The molecule has 0 aliphatic heterocycles. The fourth-order valence-electron chi connectivity index (χ4n) is 9.56. The Kier molecular flexibility index (Phi) is 50.5. The summed E-state index contributed by atoms with van der Waals surface area (Å²) in [6.07, 6.45) is 2.37. The number of carbonyl (C=O) groups excluding carboxylic acids is 2. The van der Waals surface area contributed by atoms with Gasteiger partial charge in [0, 0.05) is 15.4 Å². The number of rotatable bonds is 22. The Hall–Kier alpha value is -12.8. The van der Waals surface area contributed by atoms with Crippen LogP contribution in [0.25, 0.3) is 27.5 Å². The normalized spacial score (nSPS) is 9.99. The van der Waals surface area contributed by atoms with Gasteiger partial charge in [0.1, 0.15) is 56.6 Å². The second-order valence-corrected chi connectivity index (χ2v) is 29.2. The number of aromatic amines is 2. The molecule has 45 heteroatoms. The number of phenols is 1. The van der Waals surface area contributed by atoms with Gasteiger partial charge in [-0.25, -0.2) is 43.7 Å². The summed E-state index contributed by atoms with van der Waals surface area (Å²) in [6, 6.07) is 29.3. The van der Waals surface area contributed by atoms with Crippen molar-refractivity contribution in [1.82, 2.24) is 29.5 Å². The molecule has 10 rings (SSSR count). The molecule has 7 aromatic carbocycles. The number of nitrogens with two attached hydrogens (primary N) is 3. The van der Waals surface area contributed by atoms with E-state index in [2.05, 4.69) is 72.8 Å². The number of phenolic OH excluding ortho intramolecular Hbond substituents is 1. The minimum atomic E-state index is -1.44. The number of nitrogen functional groups attached to an aromatic ring is 1. The van der Waals surface area contributed by atoms with Gasteiger partial charge in [-0.2, -0.15) is 0 Å². The third-order valence-corrected chi connectivity index (χ3v) is 14.2. The summed E-state index contributed by atoms with van der Waals surface area (Å²) in [4.78, 5) is 132. The van der Waals surface area contributed by atoms with Gasteiger partial charge in [-0.05, 0) is 186 Å². The topological polar surface area (TPSA) is 630 Å². The van der Waals surface area contributed by atoms with Crippen LogP contribution < -0.4 is 91.2 Å². The maximum absolute atomic E-state index is 11.8. The van der Waals surface area contributed by atoms with Gasteiger partial charge < -0.3 is 90.5 Å². The number of fused-ring (bicyclic) bond motifs is 2. The van der Waals surface area contributed by atoms with Crippen LogP contribution >= 0.6 is 45.8 Å². The molecule has 0 fully saturated rings. The molecule has 124 heavy (non-hydrogen) atoms. The number of anilines is 1. The summed E-state index contributed by atoms with van der Waals surface area (Å²) in [5.41, 5.74) is 12.6. The van der Waals surface area contributed by atoms with E-state index in [1.54, 1.807) is 100 Å². The molecule has 0 atom stereocenters. The maximum Gasteiger partial charge on any atom is 1.00 e. The molecule has 3 aromatic heterocycles. The Morgan fingerprint density at radius 3 is 1.26 bits per heavy atom. The number of nitrogens with one attached hydrogen (secondary N) is 2. The van der Waals surface area contributed by atoms with Gasteiger partial charge in [0.2, 0.25) is 5.28 Å². The number of nitro benzene ring substituents is 4. The number of carboxylic acid groups (broad SMARTS) is 3. The number of aryl methyl sites for hydroxylation is 1. The van der Waals surface area contributed by atoms with Crippen LogP contribution in [0.1, 0.15) is 151 Å². The summed E-state index contributed by atoms with van der Waals surface area (Å²) >= 11 is 14.1. The number of para-hydroxylation sites is 6. The number of nitrogens with zero attached hydrogens (tertiary/aromatic N) is 8. The molecule has 0 spiro atoms. The number of aromatic carboxylic acids is 3. The maximum atomic E-state index is 11.8. The average Bonchev–Trinajstić information content (AvgIpc) is 1.10. The number of hydrogen-bond acceptors (Lipinski definition) is 29. The van der Waals surface area contributed by atoms with Crippen molar-refractivity contribution in [2.75, 3.05) is 20.0 Å². The number of urea groups is 1. The van der Waals surface area contributed by atoms with Gasteiger partial charge in [0.15, 0.2) is 34.5 Å². The number of esters is 1. The minimum absolute atomic E-state index is 0. The molecule has 13 N–H and O–H groups in total. The summed E-state index contributed by atoms with van der Waals surface area (Å²) in [5.74, 6) is -2.41. The van der Waals surface area contributed by atoms with Crippen molar-refractivity contribution in [2.24, 2.45) is 11.5 Å². The molecule has 10 aromatic rings. The van der Waals surface area contributed by atoms with Crippen molar-refractivity contribution in [3.8, 4) is 51.7 Å². The number of carbonyl (C=O) groups is 5. The fraction of sp³-hybridized carbons (Fsp3) is 0.316. The number of carboxylic acids is 3. The van der Waals surface area contributed by atoms with Crippen molar-refractivity contribution in [2.45, 2.75) is 152 Å². The van der Waals surface area contributed by atoms with E-state index in [9.17, 15) is 69.2 Å². The number of nitro groups is 4. The molecule has 3 heterocycles. The van der Waals surface area contributed by atoms with Gasteiger partial charge in [-0.3, -0.25) is 50.2 Å². The van der Waals surface area contributed by atoms with Crippen LogP contribution in [0.2, 0.25) is 10.4 Å². The monoisotopic (exact) mass is 1900 g/mol. The molecular formula is C79H97Cl2IN13NaO28. The predicted octanol–water partition coefficient (Wildman–Crippen LogP) is 12.9. The second-order valence-electron chi connectivity index (χ2n) is 26.0. The van der Waals surface area contributed by atoms with Crippen molar-refractivity contribution in [3.05, 3.63) is 233 Å². The van der Waals surface area contributed by atoms with E-state index in [1.807, 2.05) is 69.5 Å². The SMILES string of the molecule is C.CC(C)I.CC(C)OC(=O)c1cccc(OC(C)C)c1[N+](=O)[O-].CC(C)Oc1cccc(C(=O)O)c1[N+](=O)[O-].CC(C)Oc1cccc(C(=O)O)c1[N+](=O)[O-].CC(C)Oc1cccc2c(=O)[nH]c(=O)[nH]c12.CC(C)Oc1cccc2c(Cl)nc(Cl)nc12.COc1cc(-n2cnc(N)c2)cc(C)c1OC.NC(N)=O.O=C(O)c1cccc(O)c1[N+](=O)[O-].[Na+].[OH-]. The van der Waals surface area contributed by atoms with Crippen LogP contribution in [-0.2, 0) is 4.74 Å². The first-order valence-electron chi connectivity index (χ1n) is 35.6. The van der Waals surface area contributed by atoms with Crippen molar-refractivity contribution in [1.29, 1.82) is 0 Å². The zero-order valence-corrected chi connectivity index (χ0v) is 75.5. The number of amides is 2. The Bertz CT molecular complexity index is 5290. The standard InChI is InChI=1S/C13H17NO5.C12H15N3O2.C11H10Cl2N2O.C11H12N2O3.2C10H11NO5.C7H5NO5.C3H7I.CH4N2O.CH4.Na.H2O/c1-8(2)18-11-7-5-6-10(12(11)14(16)17)13(15)19-9(3)4;1-8-4-9(15-6-11(13)14-7-15)5-10(16-2)12(8)17-3;1-6(2)16-8-5-3-4-7-9(8)14-11(13)15-10(7)12;1-6(2)16-8-5-3-4-7-9(8)12-11(15)13-10(7)14;2*1-6(2)16-8-5-3-4-7(10(12)13)9(8)11(14)15;9-5-3-1-2-4(7(10)11)6(5)8(12)13;1-3(2)4;2-1(3)4;;;/h5-9H,1-4H3;4-7H,13H2,1-3H3;3-6H,1-2H3;3-6H,1-2H3,(H2,12,13,14,15);2*3-6H,1-2H3,(H,12,13);1-3,9H,(H,10,11);3H,1-2H3;(H4,2,3,4);1H4;;1H2/q;;;;;;;;;;+1;/p-1. The van der Waals surface area contributed by atoms with Gasteiger partial charge in [-0.15, -0.1) is 0 Å². The number of H-pyrrole nitrogens is 2. The summed E-state index contributed by atoms with van der Waals surface area (Å²) < 4.78 is 45.1. The number of benzene rings is 7. The average molecular weight is 1900 g/mol. The fourth-order valence-corrected chi connectivity index (χ4v) is 10.0. The number of imidazole rings is 1. The molecule has 2 amide bonds. The molecule has 0 saturated heterocycles.